The van der Waals surface area contributed by atoms with E-state index in [0.29, 0.717) is 24.8 Å². The van der Waals surface area contributed by atoms with Gasteiger partial charge in [-0.25, -0.2) is 0 Å². The van der Waals surface area contributed by atoms with Gasteiger partial charge in [0.1, 0.15) is 5.75 Å². The van der Waals surface area contributed by atoms with Crippen molar-refractivity contribution in [3.05, 3.63) is 60.2 Å². The maximum absolute atomic E-state index is 12.3. The second-order valence-corrected chi connectivity index (χ2v) is 8.33. The maximum Gasteiger partial charge on any atom is 0.191 e. The average molecular weight is 545 g/mol. The van der Waals surface area contributed by atoms with E-state index in [-0.39, 0.29) is 36.6 Å². The molecule has 0 bridgehead atoms. The van der Waals surface area contributed by atoms with Gasteiger partial charge in [-0.05, 0) is 50.6 Å². The first-order valence-electron chi connectivity index (χ1n) is 9.90. The number of ether oxygens (including phenoxy) is 1. The van der Waals surface area contributed by atoms with Crippen LogP contribution in [0.15, 0.2) is 64.5 Å². The Balaban J connectivity index is 0.00000450. The van der Waals surface area contributed by atoms with E-state index >= 15 is 0 Å². The molecule has 0 aliphatic heterocycles. The van der Waals surface area contributed by atoms with Crippen LogP contribution in [0.3, 0.4) is 0 Å². The molecule has 6 nitrogen and oxygen atoms in total. The SMILES string of the molecule is CCNC(=NCC(O)c1cccc(OC(C)C)c1)NCCS(=O)c1ccccc1.I. The topological polar surface area (TPSA) is 83.0 Å². The van der Waals surface area contributed by atoms with Gasteiger partial charge in [0.25, 0.3) is 0 Å². The largest absolute Gasteiger partial charge is 0.491 e. The van der Waals surface area contributed by atoms with Gasteiger partial charge in [0.15, 0.2) is 5.96 Å². The maximum atomic E-state index is 12.3. The number of hydrogen-bond donors (Lipinski definition) is 3. The summed E-state index contributed by atoms with van der Waals surface area (Å²) in [4.78, 5) is 5.27. The molecular formula is C22H32IN3O3S. The molecule has 30 heavy (non-hydrogen) atoms. The van der Waals surface area contributed by atoms with Crippen LogP contribution in [0, 0.1) is 0 Å². The van der Waals surface area contributed by atoms with Crippen molar-refractivity contribution in [3.63, 3.8) is 0 Å². The third-order valence-corrected chi connectivity index (χ3v) is 5.34. The first-order valence-corrected chi connectivity index (χ1v) is 11.2. The zero-order chi connectivity index (χ0) is 21.1. The number of nitrogens with one attached hydrogen (secondary N) is 2. The molecule has 0 saturated carbocycles. The fraction of sp³-hybridized carbons (Fsp3) is 0.409. The van der Waals surface area contributed by atoms with Crippen LogP contribution < -0.4 is 15.4 Å². The fourth-order valence-electron chi connectivity index (χ4n) is 2.64. The molecular weight excluding hydrogens is 513 g/mol. The number of halogens is 1. The Bertz CT molecular complexity index is 803. The highest BCUT2D eigenvalue weighted by atomic mass is 127. The molecule has 166 valence electrons. The van der Waals surface area contributed by atoms with Crippen molar-refractivity contribution < 1.29 is 14.1 Å². The Morgan fingerprint density at radius 3 is 2.53 bits per heavy atom. The molecule has 0 heterocycles. The normalized spacial score (nSPS) is 13.3. The lowest BCUT2D eigenvalue weighted by atomic mass is 10.1. The third-order valence-electron chi connectivity index (χ3n) is 3.97. The summed E-state index contributed by atoms with van der Waals surface area (Å²) < 4.78 is 18.0. The number of guanidine groups is 1. The van der Waals surface area contributed by atoms with Gasteiger partial charge < -0.3 is 20.5 Å². The molecule has 0 amide bonds. The van der Waals surface area contributed by atoms with Gasteiger partial charge in [-0.15, -0.1) is 24.0 Å². The molecule has 2 aromatic rings. The summed E-state index contributed by atoms with van der Waals surface area (Å²) in [7, 11) is -1.06. The molecule has 0 aliphatic rings. The van der Waals surface area contributed by atoms with Crippen molar-refractivity contribution >= 4 is 40.7 Å². The van der Waals surface area contributed by atoms with Crippen LogP contribution in [0.2, 0.25) is 0 Å². The molecule has 0 radical (unpaired) electrons. The van der Waals surface area contributed by atoms with E-state index in [1.807, 2.05) is 75.4 Å². The summed E-state index contributed by atoms with van der Waals surface area (Å²) in [5.74, 6) is 1.80. The Kier molecular flexibility index (Phi) is 12.6. The highest BCUT2D eigenvalue weighted by molar-refractivity contribution is 14.0. The predicted octanol–water partition coefficient (Wildman–Crippen LogP) is 3.49. The van der Waals surface area contributed by atoms with Crippen LogP contribution in [-0.4, -0.2) is 46.8 Å². The van der Waals surface area contributed by atoms with Crippen molar-refractivity contribution in [3.8, 4) is 5.75 Å². The summed E-state index contributed by atoms with van der Waals surface area (Å²) in [6.45, 7) is 7.33. The predicted molar refractivity (Wildman–Crippen MR) is 134 cm³/mol. The van der Waals surface area contributed by atoms with E-state index in [9.17, 15) is 9.32 Å². The summed E-state index contributed by atoms with van der Waals surface area (Å²) in [5.41, 5.74) is 0.757. The van der Waals surface area contributed by atoms with Crippen LogP contribution in [0.4, 0.5) is 0 Å². The Morgan fingerprint density at radius 2 is 1.87 bits per heavy atom. The third kappa shape index (κ3) is 9.44. The van der Waals surface area contributed by atoms with Crippen molar-refractivity contribution in [2.75, 3.05) is 25.4 Å². The lowest BCUT2D eigenvalue weighted by Gasteiger charge is -2.15. The molecule has 0 spiro atoms. The quantitative estimate of drug-likeness (QED) is 0.242. The lowest BCUT2D eigenvalue weighted by Crippen LogP contribution is -2.39. The van der Waals surface area contributed by atoms with Crippen molar-refractivity contribution in [1.29, 1.82) is 0 Å². The average Bonchev–Trinajstić information content (AvgIpc) is 2.72. The molecule has 2 unspecified atom stereocenters. The number of nitrogens with zero attached hydrogens (tertiary/aromatic N) is 1. The lowest BCUT2D eigenvalue weighted by molar-refractivity contribution is 0.185. The zero-order valence-corrected chi connectivity index (χ0v) is 20.9. The summed E-state index contributed by atoms with van der Waals surface area (Å²) in [6, 6.07) is 16.8. The van der Waals surface area contributed by atoms with E-state index < -0.39 is 16.9 Å². The van der Waals surface area contributed by atoms with Crippen LogP contribution in [-0.2, 0) is 10.8 Å². The number of hydrogen-bond acceptors (Lipinski definition) is 4. The van der Waals surface area contributed by atoms with Crippen LogP contribution in [0.25, 0.3) is 0 Å². The minimum absolute atomic E-state index is 0. The van der Waals surface area contributed by atoms with Gasteiger partial charge in [0, 0.05) is 23.7 Å². The summed E-state index contributed by atoms with van der Waals surface area (Å²) in [5, 5.41) is 16.8. The Morgan fingerprint density at radius 1 is 1.13 bits per heavy atom. The summed E-state index contributed by atoms with van der Waals surface area (Å²) in [6.07, 6.45) is -0.661. The van der Waals surface area contributed by atoms with Crippen LogP contribution in [0.5, 0.6) is 5.75 Å². The van der Waals surface area contributed by atoms with E-state index in [4.69, 9.17) is 4.74 Å². The minimum atomic E-state index is -1.06. The van der Waals surface area contributed by atoms with Gasteiger partial charge in [-0.2, -0.15) is 0 Å². The molecule has 2 rings (SSSR count). The highest BCUT2D eigenvalue weighted by Crippen LogP contribution is 2.20. The fourth-order valence-corrected chi connectivity index (χ4v) is 3.63. The molecule has 8 heteroatoms. The molecule has 0 fully saturated rings. The highest BCUT2D eigenvalue weighted by Gasteiger charge is 2.10. The van der Waals surface area contributed by atoms with Crippen molar-refractivity contribution in [2.24, 2.45) is 4.99 Å². The molecule has 0 saturated heterocycles. The number of aliphatic hydroxyl groups excluding tert-OH is 1. The van der Waals surface area contributed by atoms with Gasteiger partial charge in [-0.1, -0.05) is 30.3 Å². The number of aliphatic imine (C=N–C) groups is 1. The molecule has 0 aromatic heterocycles. The molecule has 3 N–H and O–H groups in total. The smallest absolute Gasteiger partial charge is 0.191 e. The summed E-state index contributed by atoms with van der Waals surface area (Å²) >= 11 is 0. The molecule has 0 aliphatic carbocycles. The minimum Gasteiger partial charge on any atom is -0.491 e. The number of rotatable bonds is 10. The van der Waals surface area contributed by atoms with E-state index in [0.717, 1.165) is 16.2 Å². The second kappa shape index (κ2) is 14.4. The first-order chi connectivity index (χ1) is 14.0. The Labute approximate surface area is 199 Å². The van der Waals surface area contributed by atoms with Gasteiger partial charge in [0.2, 0.25) is 0 Å². The molecule has 2 atom stereocenters. The van der Waals surface area contributed by atoms with E-state index in [2.05, 4.69) is 15.6 Å². The Hall–Kier alpha value is -1.65. The van der Waals surface area contributed by atoms with Gasteiger partial charge >= 0.3 is 0 Å². The number of aliphatic hydroxyl groups is 1. The van der Waals surface area contributed by atoms with Crippen LogP contribution >= 0.6 is 24.0 Å². The van der Waals surface area contributed by atoms with Crippen molar-refractivity contribution in [1.82, 2.24) is 10.6 Å². The van der Waals surface area contributed by atoms with Gasteiger partial charge in [-0.3, -0.25) is 9.20 Å². The molecule has 2 aromatic carbocycles. The van der Waals surface area contributed by atoms with E-state index in [1.165, 1.54) is 0 Å². The number of benzene rings is 2. The van der Waals surface area contributed by atoms with Crippen LogP contribution in [0.1, 0.15) is 32.4 Å². The van der Waals surface area contributed by atoms with Gasteiger partial charge in [0.05, 0.1) is 29.6 Å². The second-order valence-electron chi connectivity index (χ2n) is 6.76. The first kappa shape index (κ1) is 26.4. The monoisotopic (exact) mass is 545 g/mol. The van der Waals surface area contributed by atoms with E-state index in [1.54, 1.807) is 0 Å². The zero-order valence-electron chi connectivity index (χ0n) is 17.7. The standard InChI is InChI=1S/C22H31N3O3S.HI/c1-4-23-22(24-13-14-29(27)20-11-6-5-7-12-20)25-16-21(26)18-9-8-10-19(15-18)28-17(2)3;/h5-12,15,17,21,26H,4,13-14,16H2,1-3H3,(H2,23,24,25);1H. The van der Waals surface area contributed by atoms with Crippen molar-refractivity contribution in [2.45, 2.75) is 37.9 Å².